The average Bonchev–Trinajstić information content (AvgIpc) is 2.68. The maximum Gasteiger partial charge on any atom is 0.251 e. The van der Waals surface area contributed by atoms with E-state index in [-0.39, 0.29) is 17.3 Å². The molecule has 1 aromatic rings. The van der Waals surface area contributed by atoms with Crippen LogP contribution in [0.2, 0.25) is 0 Å². The van der Waals surface area contributed by atoms with E-state index in [2.05, 4.69) is 5.32 Å². The molecule has 16 heavy (non-hydrogen) atoms. The van der Waals surface area contributed by atoms with Crippen LogP contribution in [0.5, 0.6) is 5.75 Å². The Balaban J connectivity index is 2.11. The summed E-state index contributed by atoms with van der Waals surface area (Å²) in [7, 11) is 0. The number of allylic oxidation sites excluding steroid dienone is 1. The molecule has 1 aliphatic carbocycles. The second-order valence-corrected chi connectivity index (χ2v) is 3.77. The van der Waals surface area contributed by atoms with Gasteiger partial charge in [0.15, 0.2) is 0 Å². The van der Waals surface area contributed by atoms with Crippen molar-refractivity contribution < 1.29 is 14.3 Å². The summed E-state index contributed by atoms with van der Waals surface area (Å²) in [5, 5.41) is 11.7. The van der Waals surface area contributed by atoms with Crippen LogP contribution >= 0.6 is 0 Å². The standard InChI is InChI=1S/C12H12FNO2/c13-9-5-10(7-11(15)6-9)14-12(16)8-3-1-2-4-8/h3,5-7,15H,1-2,4H2,(H,14,16). The third-order valence-corrected chi connectivity index (χ3v) is 2.47. The minimum Gasteiger partial charge on any atom is -0.508 e. The number of carbonyl (C=O) groups excluding carboxylic acids is 1. The number of benzene rings is 1. The van der Waals surface area contributed by atoms with Crippen molar-refractivity contribution in [2.75, 3.05) is 5.32 Å². The number of phenols is 1. The number of phenolic OH excluding ortho intramolecular Hbond substituents is 1. The zero-order chi connectivity index (χ0) is 11.5. The number of carbonyl (C=O) groups is 1. The molecule has 0 saturated carbocycles. The van der Waals surface area contributed by atoms with Crippen molar-refractivity contribution in [3.63, 3.8) is 0 Å². The lowest BCUT2D eigenvalue weighted by atomic mass is 10.2. The van der Waals surface area contributed by atoms with Crippen LogP contribution in [-0.4, -0.2) is 11.0 Å². The first kappa shape index (κ1) is 10.7. The molecule has 0 fully saturated rings. The number of anilines is 1. The van der Waals surface area contributed by atoms with Crippen LogP contribution in [0.15, 0.2) is 29.8 Å². The molecule has 4 heteroatoms. The monoisotopic (exact) mass is 221 g/mol. The minimum atomic E-state index is -0.573. The first-order chi connectivity index (χ1) is 7.65. The quantitative estimate of drug-likeness (QED) is 0.806. The van der Waals surface area contributed by atoms with Gasteiger partial charge >= 0.3 is 0 Å². The second kappa shape index (κ2) is 4.35. The SMILES string of the molecule is O=C(Nc1cc(O)cc(F)c1)C1=CCCC1. The number of hydrogen-bond acceptors (Lipinski definition) is 2. The Morgan fingerprint density at radius 3 is 2.81 bits per heavy atom. The Labute approximate surface area is 92.6 Å². The lowest BCUT2D eigenvalue weighted by Gasteiger charge is -2.06. The summed E-state index contributed by atoms with van der Waals surface area (Å²) >= 11 is 0. The first-order valence-corrected chi connectivity index (χ1v) is 5.15. The normalized spacial score (nSPS) is 14.7. The average molecular weight is 221 g/mol. The summed E-state index contributed by atoms with van der Waals surface area (Å²) in [5.41, 5.74) is 0.999. The van der Waals surface area contributed by atoms with Crippen molar-refractivity contribution >= 4 is 11.6 Å². The van der Waals surface area contributed by atoms with Crippen LogP contribution in [0, 0.1) is 5.82 Å². The van der Waals surface area contributed by atoms with Gasteiger partial charge in [0.05, 0.1) is 0 Å². The lowest BCUT2D eigenvalue weighted by molar-refractivity contribution is -0.112. The van der Waals surface area contributed by atoms with Gasteiger partial charge in [-0.05, 0) is 25.3 Å². The van der Waals surface area contributed by atoms with Crippen LogP contribution in [0.1, 0.15) is 19.3 Å². The number of nitrogens with one attached hydrogen (secondary N) is 1. The van der Waals surface area contributed by atoms with E-state index in [4.69, 9.17) is 5.11 Å². The van der Waals surface area contributed by atoms with E-state index in [0.29, 0.717) is 0 Å². The second-order valence-electron chi connectivity index (χ2n) is 3.77. The molecule has 2 rings (SSSR count). The molecule has 0 aliphatic heterocycles. The van der Waals surface area contributed by atoms with E-state index >= 15 is 0 Å². The van der Waals surface area contributed by atoms with E-state index in [1.165, 1.54) is 12.1 Å². The van der Waals surface area contributed by atoms with Crippen molar-refractivity contribution in [2.45, 2.75) is 19.3 Å². The van der Waals surface area contributed by atoms with Gasteiger partial charge in [0.25, 0.3) is 5.91 Å². The van der Waals surface area contributed by atoms with Gasteiger partial charge in [0.2, 0.25) is 0 Å². The Bertz CT molecular complexity index is 434. The van der Waals surface area contributed by atoms with E-state index < -0.39 is 5.82 Å². The molecule has 0 atom stereocenters. The molecule has 0 heterocycles. The Kier molecular flexibility index (Phi) is 2.90. The molecule has 1 aliphatic rings. The maximum absolute atomic E-state index is 12.9. The van der Waals surface area contributed by atoms with Gasteiger partial charge in [-0.15, -0.1) is 0 Å². The minimum absolute atomic E-state index is 0.198. The van der Waals surface area contributed by atoms with E-state index in [1.807, 2.05) is 6.08 Å². The third-order valence-electron chi connectivity index (χ3n) is 2.47. The number of aromatic hydroxyl groups is 1. The molecule has 1 aromatic carbocycles. The van der Waals surface area contributed by atoms with Crippen LogP contribution in [0.3, 0.4) is 0 Å². The van der Waals surface area contributed by atoms with Crippen molar-refractivity contribution in [3.05, 3.63) is 35.7 Å². The summed E-state index contributed by atoms with van der Waals surface area (Å²) in [6.07, 6.45) is 4.54. The summed E-state index contributed by atoms with van der Waals surface area (Å²) in [4.78, 5) is 11.7. The molecule has 0 radical (unpaired) electrons. The van der Waals surface area contributed by atoms with Gasteiger partial charge in [0, 0.05) is 23.4 Å². The summed E-state index contributed by atoms with van der Waals surface area (Å²) < 4.78 is 12.9. The van der Waals surface area contributed by atoms with Crippen molar-refractivity contribution in [3.8, 4) is 5.75 Å². The van der Waals surface area contributed by atoms with E-state index in [1.54, 1.807) is 0 Å². The molecule has 84 valence electrons. The smallest absolute Gasteiger partial charge is 0.251 e. The Hall–Kier alpha value is -1.84. The maximum atomic E-state index is 12.9. The third kappa shape index (κ3) is 2.39. The molecule has 0 unspecified atom stereocenters. The predicted octanol–water partition coefficient (Wildman–Crippen LogP) is 2.58. The summed E-state index contributed by atoms with van der Waals surface area (Å²) in [5.74, 6) is -0.992. The van der Waals surface area contributed by atoms with Gasteiger partial charge in [-0.25, -0.2) is 4.39 Å². The fourth-order valence-corrected chi connectivity index (χ4v) is 1.73. The lowest BCUT2D eigenvalue weighted by Crippen LogP contribution is -2.13. The van der Waals surface area contributed by atoms with Crippen LogP contribution in [0.4, 0.5) is 10.1 Å². The number of halogens is 1. The highest BCUT2D eigenvalue weighted by Gasteiger charge is 2.13. The number of amides is 1. The molecule has 0 bridgehead atoms. The molecule has 3 nitrogen and oxygen atoms in total. The van der Waals surface area contributed by atoms with E-state index in [9.17, 15) is 9.18 Å². The fourth-order valence-electron chi connectivity index (χ4n) is 1.73. The van der Waals surface area contributed by atoms with Gasteiger partial charge in [-0.3, -0.25) is 4.79 Å². The zero-order valence-corrected chi connectivity index (χ0v) is 8.66. The van der Waals surface area contributed by atoms with Crippen LogP contribution in [-0.2, 0) is 4.79 Å². The molecule has 1 amide bonds. The zero-order valence-electron chi connectivity index (χ0n) is 8.66. The fraction of sp³-hybridized carbons (Fsp3) is 0.250. The van der Waals surface area contributed by atoms with Gasteiger partial charge in [0.1, 0.15) is 11.6 Å². The van der Waals surface area contributed by atoms with Gasteiger partial charge in [-0.2, -0.15) is 0 Å². The Morgan fingerprint density at radius 1 is 1.38 bits per heavy atom. The molecular weight excluding hydrogens is 209 g/mol. The van der Waals surface area contributed by atoms with Gasteiger partial charge < -0.3 is 10.4 Å². The molecule has 0 saturated heterocycles. The van der Waals surface area contributed by atoms with Crippen molar-refractivity contribution in [1.29, 1.82) is 0 Å². The van der Waals surface area contributed by atoms with E-state index in [0.717, 1.165) is 30.9 Å². The Morgan fingerprint density at radius 2 is 2.19 bits per heavy atom. The molecule has 0 aromatic heterocycles. The summed E-state index contributed by atoms with van der Waals surface area (Å²) in [6.45, 7) is 0. The predicted molar refractivity (Wildman–Crippen MR) is 58.6 cm³/mol. The largest absolute Gasteiger partial charge is 0.508 e. The highest BCUT2D eigenvalue weighted by Crippen LogP contribution is 2.22. The topological polar surface area (TPSA) is 49.3 Å². The highest BCUT2D eigenvalue weighted by atomic mass is 19.1. The number of hydrogen-bond donors (Lipinski definition) is 2. The van der Waals surface area contributed by atoms with Crippen LogP contribution < -0.4 is 5.32 Å². The highest BCUT2D eigenvalue weighted by molar-refractivity contribution is 6.04. The first-order valence-electron chi connectivity index (χ1n) is 5.15. The van der Waals surface area contributed by atoms with Crippen LogP contribution in [0.25, 0.3) is 0 Å². The molecular formula is C12H12FNO2. The summed E-state index contributed by atoms with van der Waals surface area (Å²) in [6, 6.07) is 3.48. The van der Waals surface area contributed by atoms with Crippen molar-refractivity contribution in [2.24, 2.45) is 0 Å². The van der Waals surface area contributed by atoms with Crippen molar-refractivity contribution in [1.82, 2.24) is 0 Å². The molecule has 2 N–H and O–H groups in total. The number of rotatable bonds is 2. The molecule has 0 spiro atoms. The van der Waals surface area contributed by atoms with Gasteiger partial charge in [-0.1, -0.05) is 6.08 Å².